The topological polar surface area (TPSA) is 311 Å². The molecule has 3 fully saturated rings. The van der Waals surface area contributed by atoms with Crippen LogP contribution in [0.1, 0.15) is 44.9 Å². The van der Waals surface area contributed by atoms with Crippen LogP contribution >= 0.6 is 0 Å². The predicted molar refractivity (Wildman–Crippen MR) is 176 cm³/mol. The predicted octanol–water partition coefficient (Wildman–Crippen LogP) is -7.14. The number of fused-ring (bicyclic) bond motifs is 1. The van der Waals surface area contributed by atoms with E-state index in [1.807, 2.05) is 0 Å². The summed E-state index contributed by atoms with van der Waals surface area (Å²) in [6.45, 7) is -3.89. The summed E-state index contributed by atoms with van der Waals surface area (Å²) < 4.78 is 0. The number of hydrogen-bond donors (Lipinski definition) is 10. The van der Waals surface area contributed by atoms with Crippen molar-refractivity contribution in [2.75, 3.05) is 65.4 Å². The van der Waals surface area contributed by atoms with Crippen molar-refractivity contribution < 1.29 is 52.7 Å². The molecule has 1 atom stereocenters. The zero-order chi connectivity index (χ0) is 38.1. The molecule has 1 spiro atoms. The average Bonchev–Trinajstić information content (AvgIpc) is 3.81. The summed E-state index contributed by atoms with van der Waals surface area (Å²) in [6, 6.07) is -0.898. The molecule has 3 aliphatic rings. The number of amides is 11. The molecule has 1 unspecified atom stereocenters. The van der Waals surface area contributed by atoms with Gasteiger partial charge in [-0.25, -0.2) is 0 Å². The van der Waals surface area contributed by atoms with E-state index in [2.05, 4.69) is 53.2 Å². The highest BCUT2D eigenvalue weighted by molar-refractivity contribution is 5.97. The number of nitrogens with zero attached hydrogens (tertiary/aromatic N) is 1. The highest BCUT2D eigenvalue weighted by atomic mass is 16.2. The van der Waals surface area contributed by atoms with Gasteiger partial charge in [-0.1, -0.05) is 12.8 Å². The molecule has 2 saturated heterocycles. The van der Waals surface area contributed by atoms with Crippen molar-refractivity contribution in [2.45, 2.75) is 56.5 Å². The third-order valence-electron chi connectivity index (χ3n) is 8.33. The van der Waals surface area contributed by atoms with Gasteiger partial charge in [-0.15, -0.1) is 0 Å². The molecule has 22 heteroatoms. The Morgan fingerprint density at radius 3 is 1.35 bits per heavy atom. The van der Waals surface area contributed by atoms with E-state index >= 15 is 0 Å². The van der Waals surface area contributed by atoms with Gasteiger partial charge in [0.2, 0.25) is 65.0 Å². The first-order valence-corrected chi connectivity index (χ1v) is 16.8. The lowest BCUT2D eigenvalue weighted by Crippen LogP contribution is -2.61. The highest BCUT2D eigenvalue weighted by Gasteiger charge is 2.45. The Bertz CT molecular complexity index is 1430. The van der Waals surface area contributed by atoms with Gasteiger partial charge in [-0.3, -0.25) is 52.7 Å². The Hall–Kier alpha value is -5.83. The first kappa shape index (κ1) is 40.6. The second-order valence-corrected chi connectivity index (χ2v) is 12.2. The Morgan fingerprint density at radius 1 is 0.462 bits per heavy atom. The molecule has 10 N–H and O–H groups in total. The normalized spacial score (nSPS) is 23.6. The van der Waals surface area contributed by atoms with E-state index in [9.17, 15) is 52.7 Å². The summed E-state index contributed by atoms with van der Waals surface area (Å²) in [5.41, 5.74) is -1.30. The molecule has 0 bridgehead atoms. The van der Waals surface area contributed by atoms with Gasteiger partial charge in [0.25, 0.3) is 0 Å². The molecule has 11 amide bonds. The van der Waals surface area contributed by atoms with Gasteiger partial charge in [0.05, 0.1) is 52.4 Å². The standard InChI is InChI=1S/C30H45N11O11/c42-19-5-8-31-20(43)16-39-29(52)30(6-1-2-7-30)40-28(51)18-4-3-9-41(18)27(50)17-38-26(49)15-37-25(48)14-36-24(47)13-35-23(46)12-34-22(45)11-33-21(44)10-32-19/h18H,1-17H2,(H,31,43)(H,32,42)(H,33,44)(H,34,45)(H,35,46)(H,36,47)(H,37,48)(H,38,49)(H,39,52)(H,40,51). The number of carbonyl (C=O) groups excluding carboxylic acids is 11. The molecular weight excluding hydrogens is 690 g/mol. The minimum atomic E-state index is -1.30. The van der Waals surface area contributed by atoms with Gasteiger partial charge in [-0.2, -0.15) is 0 Å². The summed E-state index contributed by atoms with van der Waals surface area (Å²) in [7, 11) is 0. The van der Waals surface area contributed by atoms with Crippen LogP contribution in [0.3, 0.4) is 0 Å². The van der Waals surface area contributed by atoms with Crippen molar-refractivity contribution in [2.24, 2.45) is 0 Å². The van der Waals surface area contributed by atoms with Gasteiger partial charge in [0.15, 0.2) is 0 Å². The quantitative estimate of drug-likeness (QED) is 0.111. The number of rotatable bonds is 0. The van der Waals surface area contributed by atoms with Gasteiger partial charge < -0.3 is 58.1 Å². The van der Waals surface area contributed by atoms with Crippen LogP contribution in [0, 0.1) is 0 Å². The highest BCUT2D eigenvalue weighted by Crippen LogP contribution is 2.31. The molecule has 1 saturated carbocycles. The van der Waals surface area contributed by atoms with E-state index in [0.717, 1.165) is 0 Å². The van der Waals surface area contributed by atoms with Crippen LogP contribution in [0.2, 0.25) is 0 Å². The maximum atomic E-state index is 13.4. The molecule has 0 aromatic rings. The summed E-state index contributed by atoms with van der Waals surface area (Å²) in [4.78, 5) is 138. The number of carbonyl (C=O) groups is 11. The molecular formula is C30H45N11O11. The lowest BCUT2D eigenvalue weighted by Gasteiger charge is -2.32. The van der Waals surface area contributed by atoms with Crippen LogP contribution in [-0.2, 0) is 52.7 Å². The van der Waals surface area contributed by atoms with Crippen molar-refractivity contribution >= 4 is 65.0 Å². The Labute approximate surface area is 297 Å². The molecule has 1 aliphatic carbocycles. The van der Waals surface area contributed by atoms with Crippen molar-refractivity contribution in [1.82, 2.24) is 58.1 Å². The maximum absolute atomic E-state index is 13.4. The summed E-state index contributed by atoms with van der Waals surface area (Å²) in [6.07, 6.45) is 2.53. The zero-order valence-corrected chi connectivity index (χ0v) is 28.5. The van der Waals surface area contributed by atoms with Crippen molar-refractivity contribution in [3.05, 3.63) is 0 Å². The molecule has 2 heterocycles. The molecule has 0 aromatic heterocycles. The van der Waals surface area contributed by atoms with E-state index in [-0.39, 0.29) is 19.5 Å². The fraction of sp³-hybridized carbons (Fsp3) is 0.633. The number of hydrogen-bond acceptors (Lipinski definition) is 11. The van der Waals surface area contributed by atoms with Crippen LogP contribution in [0.25, 0.3) is 0 Å². The summed E-state index contributed by atoms with van der Waals surface area (Å²) in [5.74, 6) is -7.26. The molecule has 0 aromatic carbocycles. The lowest BCUT2D eigenvalue weighted by molar-refractivity contribution is -0.141. The van der Waals surface area contributed by atoms with Crippen LogP contribution in [0.4, 0.5) is 0 Å². The SMILES string of the molecule is O=C1CCNC(=O)CNC(=O)C2(CCCC2)NC(=O)C2CCCN2C(=O)CNC(=O)CNC(=O)CNC(=O)CNC(=O)CNC(=O)CNC(=O)CN1. The fourth-order valence-corrected chi connectivity index (χ4v) is 5.56. The van der Waals surface area contributed by atoms with E-state index in [1.165, 1.54) is 4.90 Å². The maximum Gasteiger partial charge on any atom is 0.246 e. The van der Waals surface area contributed by atoms with Gasteiger partial charge in [-0.05, 0) is 25.7 Å². The van der Waals surface area contributed by atoms with Crippen LogP contribution in [0.5, 0.6) is 0 Å². The van der Waals surface area contributed by atoms with Crippen LogP contribution in [-0.4, -0.2) is 147 Å². The Morgan fingerprint density at radius 2 is 0.865 bits per heavy atom. The smallest absolute Gasteiger partial charge is 0.246 e. The van der Waals surface area contributed by atoms with Crippen molar-refractivity contribution in [1.29, 1.82) is 0 Å². The average molecular weight is 736 g/mol. The van der Waals surface area contributed by atoms with E-state index in [0.29, 0.717) is 38.5 Å². The summed E-state index contributed by atoms with van der Waals surface area (Å²) in [5, 5.41) is 23.7. The summed E-state index contributed by atoms with van der Waals surface area (Å²) >= 11 is 0. The largest absolute Gasteiger partial charge is 0.354 e. The fourth-order valence-electron chi connectivity index (χ4n) is 5.56. The van der Waals surface area contributed by atoms with Gasteiger partial charge >= 0.3 is 0 Å². The minimum Gasteiger partial charge on any atom is -0.354 e. The van der Waals surface area contributed by atoms with E-state index in [1.54, 1.807) is 0 Å². The van der Waals surface area contributed by atoms with E-state index in [4.69, 9.17) is 0 Å². The first-order valence-electron chi connectivity index (χ1n) is 16.8. The second-order valence-electron chi connectivity index (χ2n) is 12.2. The molecule has 286 valence electrons. The third kappa shape index (κ3) is 13.5. The van der Waals surface area contributed by atoms with Crippen LogP contribution in [0.15, 0.2) is 0 Å². The molecule has 52 heavy (non-hydrogen) atoms. The zero-order valence-electron chi connectivity index (χ0n) is 28.5. The lowest BCUT2D eigenvalue weighted by atomic mass is 9.95. The monoisotopic (exact) mass is 735 g/mol. The molecule has 2 aliphatic heterocycles. The molecule has 0 radical (unpaired) electrons. The third-order valence-corrected chi connectivity index (χ3v) is 8.33. The van der Waals surface area contributed by atoms with Crippen molar-refractivity contribution in [3.8, 4) is 0 Å². The van der Waals surface area contributed by atoms with Crippen molar-refractivity contribution in [3.63, 3.8) is 0 Å². The van der Waals surface area contributed by atoms with Crippen LogP contribution < -0.4 is 53.2 Å². The van der Waals surface area contributed by atoms with Gasteiger partial charge in [0.1, 0.15) is 11.6 Å². The Balaban J connectivity index is 1.59. The minimum absolute atomic E-state index is 0.114. The molecule has 22 nitrogen and oxygen atoms in total. The number of nitrogens with one attached hydrogen (secondary N) is 10. The van der Waals surface area contributed by atoms with E-state index < -0.39 is 129 Å². The first-order chi connectivity index (χ1) is 24.8. The van der Waals surface area contributed by atoms with Gasteiger partial charge in [0, 0.05) is 19.5 Å². The Kier molecular flexibility index (Phi) is 15.7. The second kappa shape index (κ2) is 20.1. The molecule has 3 rings (SSSR count).